The molecule has 1 aliphatic rings. The number of carbonyl (C=O) groups excluding carboxylic acids is 2. The number of hydrogen-bond donors (Lipinski definition) is 1. The smallest absolute Gasteiger partial charge is 0.225 e. The van der Waals surface area contributed by atoms with E-state index in [9.17, 15) is 9.59 Å². The molecule has 3 aromatic rings. The highest BCUT2D eigenvalue weighted by Gasteiger charge is 2.34. The van der Waals surface area contributed by atoms with Crippen LogP contribution in [0.4, 0.5) is 0 Å². The van der Waals surface area contributed by atoms with Crippen LogP contribution in [-0.4, -0.2) is 33.4 Å². The number of hydrogen-bond acceptors (Lipinski definition) is 6. The van der Waals surface area contributed by atoms with Crippen LogP contribution in [0.15, 0.2) is 57.8 Å². The summed E-state index contributed by atoms with van der Waals surface area (Å²) in [4.78, 5) is 30.5. The van der Waals surface area contributed by atoms with E-state index < -0.39 is 0 Å². The van der Waals surface area contributed by atoms with E-state index in [4.69, 9.17) is 8.94 Å². The number of pyridine rings is 1. The molecule has 0 bridgehead atoms. The summed E-state index contributed by atoms with van der Waals surface area (Å²) in [6.45, 7) is 1.03. The molecule has 0 spiro atoms. The van der Waals surface area contributed by atoms with Crippen molar-refractivity contribution in [2.45, 2.75) is 19.5 Å². The van der Waals surface area contributed by atoms with Gasteiger partial charge in [0.25, 0.3) is 0 Å². The number of nitrogens with one attached hydrogen (secondary N) is 1. The summed E-state index contributed by atoms with van der Waals surface area (Å²) >= 11 is 0. The number of aromatic nitrogens is 2. The zero-order valence-corrected chi connectivity index (χ0v) is 14.5. The second-order valence-electron chi connectivity index (χ2n) is 6.37. The van der Waals surface area contributed by atoms with Crippen LogP contribution in [0.25, 0.3) is 11.5 Å². The minimum absolute atomic E-state index is 0.0395. The van der Waals surface area contributed by atoms with Crippen LogP contribution < -0.4 is 5.32 Å². The Morgan fingerprint density at radius 1 is 1.22 bits per heavy atom. The van der Waals surface area contributed by atoms with Crippen molar-refractivity contribution in [1.29, 1.82) is 0 Å². The molecule has 0 saturated carbocycles. The van der Waals surface area contributed by atoms with Crippen LogP contribution in [0.1, 0.15) is 17.8 Å². The second kappa shape index (κ2) is 7.45. The maximum atomic E-state index is 12.4. The van der Waals surface area contributed by atoms with E-state index in [0.717, 1.165) is 5.69 Å². The van der Waals surface area contributed by atoms with E-state index >= 15 is 0 Å². The van der Waals surface area contributed by atoms with Crippen LogP contribution >= 0.6 is 0 Å². The Balaban J connectivity index is 1.30. The van der Waals surface area contributed by atoms with E-state index in [0.29, 0.717) is 30.3 Å². The highest BCUT2D eigenvalue weighted by molar-refractivity contribution is 5.89. The van der Waals surface area contributed by atoms with E-state index in [1.165, 1.54) is 0 Å². The minimum Gasteiger partial charge on any atom is -0.461 e. The molecule has 4 rings (SSSR count). The van der Waals surface area contributed by atoms with Gasteiger partial charge in [0, 0.05) is 25.2 Å². The van der Waals surface area contributed by atoms with Crippen LogP contribution in [0.2, 0.25) is 0 Å². The average molecular weight is 366 g/mol. The fourth-order valence-corrected chi connectivity index (χ4v) is 3.04. The fourth-order valence-electron chi connectivity index (χ4n) is 3.04. The molecule has 2 amide bonds. The van der Waals surface area contributed by atoms with Crippen molar-refractivity contribution >= 4 is 11.8 Å². The minimum atomic E-state index is -0.377. The molecule has 1 fully saturated rings. The van der Waals surface area contributed by atoms with Crippen molar-refractivity contribution in [1.82, 2.24) is 20.4 Å². The van der Waals surface area contributed by atoms with Gasteiger partial charge in [0.15, 0.2) is 5.76 Å². The zero-order valence-electron chi connectivity index (χ0n) is 14.5. The van der Waals surface area contributed by atoms with Crippen molar-refractivity contribution in [3.05, 3.63) is 60.2 Å². The summed E-state index contributed by atoms with van der Waals surface area (Å²) in [7, 11) is 0. The van der Waals surface area contributed by atoms with Crippen molar-refractivity contribution in [3.63, 3.8) is 0 Å². The normalized spacial score (nSPS) is 16.7. The molecular weight excluding hydrogens is 348 g/mol. The molecular formula is C19H18N4O4. The first-order valence-electron chi connectivity index (χ1n) is 8.64. The molecule has 1 unspecified atom stereocenters. The molecule has 1 atom stereocenters. The summed E-state index contributed by atoms with van der Waals surface area (Å²) in [5.41, 5.74) is 1.39. The first-order valence-corrected chi connectivity index (χ1v) is 8.64. The molecule has 138 valence electrons. The first kappa shape index (κ1) is 17.0. The second-order valence-corrected chi connectivity index (χ2v) is 6.37. The third-order valence-corrected chi connectivity index (χ3v) is 4.43. The van der Waals surface area contributed by atoms with Crippen LogP contribution in [0, 0.1) is 5.92 Å². The molecule has 8 nitrogen and oxygen atoms in total. The van der Waals surface area contributed by atoms with E-state index in [1.807, 2.05) is 18.2 Å². The number of carbonyl (C=O) groups is 2. The molecule has 8 heteroatoms. The Labute approximate surface area is 155 Å². The number of rotatable bonds is 6. The standard InChI is InChI=1S/C19H18N4O4/c24-18-8-13(11-23(18)12-14-4-1-2-6-20-14)19(25)21-10-15-9-17(27-22-15)16-5-3-7-26-16/h1-7,9,13H,8,10-12H2,(H,21,25). The van der Waals surface area contributed by atoms with Gasteiger partial charge in [0.1, 0.15) is 5.69 Å². The predicted octanol–water partition coefficient (Wildman–Crippen LogP) is 1.99. The van der Waals surface area contributed by atoms with Gasteiger partial charge < -0.3 is 19.2 Å². The first-order chi connectivity index (χ1) is 13.2. The van der Waals surface area contributed by atoms with Gasteiger partial charge in [-0.15, -0.1) is 0 Å². The summed E-state index contributed by atoms with van der Waals surface area (Å²) < 4.78 is 10.4. The fraction of sp³-hybridized carbons (Fsp3) is 0.263. The molecule has 0 aliphatic carbocycles. The summed E-state index contributed by atoms with van der Waals surface area (Å²) in [5, 5.41) is 6.74. The van der Waals surface area contributed by atoms with Gasteiger partial charge in [-0.1, -0.05) is 11.2 Å². The Morgan fingerprint density at radius 3 is 2.93 bits per heavy atom. The number of furan rings is 1. The maximum Gasteiger partial charge on any atom is 0.225 e. The molecule has 1 aliphatic heterocycles. The van der Waals surface area contributed by atoms with E-state index in [-0.39, 0.29) is 30.7 Å². The van der Waals surface area contributed by atoms with Crippen molar-refractivity contribution in [2.24, 2.45) is 5.92 Å². The third kappa shape index (κ3) is 3.89. The lowest BCUT2D eigenvalue weighted by Gasteiger charge is -2.15. The molecule has 27 heavy (non-hydrogen) atoms. The Bertz CT molecular complexity index is 920. The predicted molar refractivity (Wildman–Crippen MR) is 93.8 cm³/mol. The van der Waals surface area contributed by atoms with Gasteiger partial charge >= 0.3 is 0 Å². The molecule has 1 saturated heterocycles. The SMILES string of the molecule is O=C(NCc1cc(-c2ccco2)on1)C1CC(=O)N(Cc2ccccn2)C1. The highest BCUT2D eigenvalue weighted by Crippen LogP contribution is 2.22. The van der Waals surface area contributed by atoms with Gasteiger partial charge in [0.2, 0.25) is 17.6 Å². The molecule has 0 aromatic carbocycles. The Morgan fingerprint density at radius 2 is 2.15 bits per heavy atom. The third-order valence-electron chi connectivity index (χ3n) is 4.43. The summed E-state index contributed by atoms with van der Waals surface area (Å²) in [6.07, 6.45) is 3.44. The zero-order chi connectivity index (χ0) is 18.6. The molecule has 0 radical (unpaired) electrons. The van der Waals surface area contributed by atoms with Crippen molar-refractivity contribution in [3.8, 4) is 11.5 Å². The maximum absolute atomic E-state index is 12.4. The van der Waals surface area contributed by atoms with Crippen molar-refractivity contribution < 1.29 is 18.5 Å². The molecule has 3 aromatic heterocycles. The lowest BCUT2D eigenvalue weighted by molar-refractivity contribution is -0.129. The van der Waals surface area contributed by atoms with E-state index in [2.05, 4.69) is 15.5 Å². The van der Waals surface area contributed by atoms with Gasteiger partial charge in [-0.2, -0.15) is 0 Å². The Hall–Kier alpha value is -3.42. The Kier molecular flexibility index (Phi) is 4.69. The van der Waals surface area contributed by atoms with Crippen LogP contribution in [0.3, 0.4) is 0 Å². The van der Waals surface area contributed by atoms with E-state index in [1.54, 1.807) is 35.6 Å². The van der Waals surface area contributed by atoms with Crippen LogP contribution in [-0.2, 0) is 22.7 Å². The number of likely N-dealkylation sites (tertiary alicyclic amines) is 1. The quantitative estimate of drug-likeness (QED) is 0.716. The molecule has 4 heterocycles. The van der Waals surface area contributed by atoms with Gasteiger partial charge in [-0.25, -0.2) is 0 Å². The van der Waals surface area contributed by atoms with Gasteiger partial charge in [-0.3, -0.25) is 14.6 Å². The lowest BCUT2D eigenvalue weighted by atomic mass is 10.1. The number of amides is 2. The summed E-state index contributed by atoms with van der Waals surface area (Å²) in [5.74, 6) is 0.489. The largest absolute Gasteiger partial charge is 0.461 e. The van der Waals surface area contributed by atoms with Gasteiger partial charge in [0.05, 0.1) is 31.0 Å². The lowest BCUT2D eigenvalue weighted by Crippen LogP contribution is -2.32. The van der Waals surface area contributed by atoms with Crippen LogP contribution in [0.5, 0.6) is 0 Å². The highest BCUT2D eigenvalue weighted by atomic mass is 16.5. The monoisotopic (exact) mass is 366 g/mol. The molecule has 1 N–H and O–H groups in total. The van der Waals surface area contributed by atoms with Gasteiger partial charge in [-0.05, 0) is 24.3 Å². The number of nitrogens with zero attached hydrogens (tertiary/aromatic N) is 3. The average Bonchev–Trinajstić information content (AvgIpc) is 3.42. The topological polar surface area (TPSA) is 101 Å². The van der Waals surface area contributed by atoms with Crippen molar-refractivity contribution in [2.75, 3.05) is 6.54 Å². The summed E-state index contributed by atoms with van der Waals surface area (Å²) in [6, 6.07) is 10.8.